The molecule has 0 unspecified atom stereocenters. The van der Waals surface area contributed by atoms with Gasteiger partial charge in [-0.15, -0.1) is 0 Å². The molecule has 1 aliphatic heterocycles. The molecule has 0 amide bonds. The van der Waals surface area contributed by atoms with Crippen LogP contribution in [-0.2, 0) is 16.2 Å². The first-order valence-electron chi connectivity index (χ1n) is 7.48. The van der Waals surface area contributed by atoms with Crippen LogP contribution in [-0.4, -0.2) is 26.7 Å². The van der Waals surface area contributed by atoms with Gasteiger partial charge in [0.1, 0.15) is 0 Å². The first-order valence-corrected chi connectivity index (χ1v) is 8.97. The van der Waals surface area contributed by atoms with Crippen molar-refractivity contribution in [2.24, 2.45) is 10.9 Å². The van der Waals surface area contributed by atoms with Crippen LogP contribution in [0.2, 0.25) is 0 Å². The van der Waals surface area contributed by atoms with Crippen LogP contribution >= 0.6 is 0 Å². The molecule has 4 nitrogen and oxygen atoms in total. The van der Waals surface area contributed by atoms with E-state index in [-0.39, 0.29) is 10.9 Å². The monoisotopic (exact) mass is 346 g/mol. The number of hydrogen-bond acceptors (Lipinski definition) is 3. The average molecular weight is 346 g/mol. The van der Waals surface area contributed by atoms with Gasteiger partial charge in [-0.2, -0.15) is 13.2 Å². The maximum atomic E-state index is 12.5. The van der Waals surface area contributed by atoms with Gasteiger partial charge >= 0.3 is 6.18 Å². The van der Waals surface area contributed by atoms with E-state index in [2.05, 4.69) is 9.71 Å². The minimum atomic E-state index is -4.47. The zero-order valence-corrected chi connectivity index (χ0v) is 13.1. The van der Waals surface area contributed by atoms with Crippen molar-refractivity contribution in [3.8, 4) is 0 Å². The van der Waals surface area contributed by atoms with Gasteiger partial charge in [0.2, 0.25) is 10.0 Å². The molecule has 2 aliphatic rings. The molecule has 3 rings (SSSR count). The molecule has 1 heterocycles. The fourth-order valence-corrected chi connectivity index (χ4v) is 4.26. The van der Waals surface area contributed by atoms with Crippen LogP contribution in [0.5, 0.6) is 0 Å². The van der Waals surface area contributed by atoms with Crippen molar-refractivity contribution in [3.63, 3.8) is 0 Å². The van der Waals surface area contributed by atoms with Gasteiger partial charge in [-0.3, -0.25) is 4.99 Å². The van der Waals surface area contributed by atoms with E-state index in [1.807, 2.05) is 0 Å². The van der Waals surface area contributed by atoms with Crippen molar-refractivity contribution >= 4 is 15.7 Å². The predicted octanol–water partition coefficient (Wildman–Crippen LogP) is 3.00. The lowest BCUT2D eigenvalue weighted by Crippen LogP contribution is -2.38. The summed E-state index contributed by atoms with van der Waals surface area (Å²) < 4.78 is 64.7. The molecule has 1 N–H and O–H groups in total. The van der Waals surface area contributed by atoms with E-state index >= 15 is 0 Å². The highest BCUT2D eigenvalue weighted by molar-refractivity contribution is 7.89. The normalized spacial score (nSPS) is 25.1. The standard InChI is InChI=1S/C15H17F3N2O2S/c16-15(17,18)11-3-7-13(8-4-11)23(21,22)20-12-5-1-10(2-6-12)14-9-19-14/h3-4,7-8,10,12,20H,1-2,5-6,9H2. The molecule has 0 spiro atoms. The van der Waals surface area contributed by atoms with Gasteiger partial charge in [0.15, 0.2) is 0 Å². The summed E-state index contributed by atoms with van der Waals surface area (Å²) in [4.78, 5) is 4.05. The Morgan fingerprint density at radius 3 is 2.09 bits per heavy atom. The molecular formula is C15H17F3N2O2S. The summed E-state index contributed by atoms with van der Waals surface area (Å²) >= 11 is 0. The number of rotatable bonds is 4. The lowest BCUT2D eigenvalue weighted by atomic mass is 9.85. The molecular weight excluding hydrogens is 329 g/mol. The smallest absolute Gasteiger partial charge is 0.286 e. The van der Waals surface area contributed by atoms with Gasteiger partial charge in [-0.05, 0) is 55.9 Å². The van der Waals surface area contributed by atoms with Gasteiger partial charge < -0.3 is 0 Å². The van der Waals surface area contributed by atoms with Crippen LogP contribution in [0.3, 0.4) is 0 Å². The van der Waals surface area contributed by atoms with E-state index in [0.717, 1.165) is 56.5 Å². The predicted molar refractivity (Wildman–Crippen MR) is 79.8 cm³/mol. The number of nitrogens with zero attached hydrogens (tertiary/aromatic N) is 1. The van der Waals surface area contributed by atoms with Crippen LogP contribution in [0.1, 0.15) is 31.2 Å². The summed E-state index contributed by atoms with van der Waals surface area (Å²) in [5.41, 5.74) is 0.371. The molecule has 1 aromatic rings. The average Bonchev–Trinajstić information content (AvgIpc) is 3.32. The highest BCUT2D eigenvalue weighted by Gasteiger charge is 2.32. The van der Waals surface area contributed by atoms with Crippen LogP contribution < -0.4 is 4.72 Å². The summed E-state index contributed by atoms with van der Waals surface area (Å²) in [5, 5.41) is 0. The molecule has 1 aromatic carbocycles. The highest BCUT2D eigenvalue weighted by atomic mass is 32.2. The van der Waals surface area contributed by atoms with Gasteiger partial charge in [-0.1, -0.05) is 0 Å². The molecule has 126 valence electrons. The minimum absolute atomic E-state index is 0.140. The Labute approximate surface area is 132 Å². The first kappa shape index (κ1) is 16.4. The number of hydrogen-bond donors (Lipinski definition) is 1. The van der Waals surface area contributed by atoms with Crippen molar-refractivity contribution < 1.29 is 21.6 Å². The molecule has 0 aromatic heterocycles. The minimum Gasteiger partial charge on any atom is -0.286 e. The first-order chi connectivity index (χ1) is 10.8. The topological polar surface area (TPSA) is 58.5 Å². The number of nitrogens with one attached hydrogen (secondary N) is 1. The van der Waals surface area contributed by atoms with E-state index in [4.69, 9.17) is 0 Å². The van der Waals surface area contributed by atoms with E-state index in [9.17, 15) is 21.6 Å². The summed E-state index contributed by atoms with van der Waals surface area (Å²) in [6, 6.07) is 3.40. The summed E-state index contributed by atoms with van der Waals surface area (Å²) in [6.07, 6.45) is -1.22. The fourth-order valence-electron chi connectivity index (χ4n) is 2.96. The third-order valence-corrected chi connectivity index (χ3v) is 5.89. The van der Waals surface area contributed by atoms with Gasteiger partial charge in [0, 0.05) is 11.8 Å². The largest absolute Gasteiger partial charge is 0.416 e. The molecule has 1 aliphatic carbocycles. The van der Waals surface area contributed by atoms with E-state index in [0.29, 0.717) is 5.92 Å². The Kier molecular flexibility index (Phi) is 4.22. The molecule has 0 atom stereocenters. The quantitative estimate of drug-likeness (QED) is 0.911. The van der Waals surface area contributed by atoms with Gasteiger partial charge in [0.05, 0.1) is 17.0 Å². The lowest BCUT2D eigenvalue weighted by Gasteiger charge is -2.27. The Hall–Kier alpha value is -1.41. The lowest BCUT2D eigenvalue weighted by molar-refractivity contribution is -0.137. The molecule has 0 saturated heterocycles. The van der Waals surface area contributed by atoms with Crippen molar-refractivity contribution in [3.05, 3.63) is 29.8 Å². The number of aliphatic imine (C=N–C) groups is 1. The van der Waals surface area contributed by atoms with Crippen molar-refractivity contribution in [2.45, 2.75) is 42.8 Å². The molecule has 1 saturated carbocycles. The zero-order valence-electron chi connectivity index (χ0n) is 12.3. The van der Waals surface area contributed by atoms with Crippen LogP contribution in [0, 0.1) is 5.92 Å². The molecule has 0 radical (unpaired) electrons. The molecule has 1 fully saturated rings. The third kappa shape index (κ3) is 3.92. The summed E-state index contributed by atoms with van der Waals surface area (Å²) in [6.45, 7) is 0.840. The Balaban J connectivity index is 1.63. The zero-order chi connectivity index (χ0) is 16.7. The Morgan fingerprint density at radius 1 is 1.04 bits per heavy atom. The van der Waals surface area contributed by atoms with E-state index in [1.165, 1.54) is 5.71 Å². The number of alkyl halides is 3. The molecule has 8 heteroatoms. The van der Waals surface area contributed by atoms with E-state index < -0.39 is 21.8 Å². The van der Waals surface area contributed by atoms with Crippen molar-refractivity contribution in [1.29, 1.82) is 0 Å². The fraction of sp³-hybridized carbons (Fsp3) is 0.533. The second-order valence-electron chi connectivity index (χ2n) is 6.00. The Bertz CT molecular complexity index is 703. The van der Waals surface area contributed by atoms with Crippen molar-refractivity contribution in [2.75, 3.05) is 6.54 Å². The maximum absolute atomic E-state index is 12.5. The number of sulfonamides is 1. The van der Waals surface area contributed by atoms with Gasteiger partial charge in [-0.25, -0.2) is 13.1 Å². The second kappa shape index (κ2) is 5.90. The van der Waals surface area contributed by atoms with E-state index in [1.54, 1.807) is 0 Å². The summed E-state index contributed by atoms with van der Waals surface area (Å²) in [7, 11) is -3.79. The highest BCUT2D eigenvalue weighted by Crippen LogP contribution is 2.31. The van der Waals surface area contributed by atoms with Crippen LogP contribution in [0.4, 0.5) is 13.2 Å². The number of halogens is 3. The second-order valence-corrected chi connectivity index (χ2v) is 7.71. The van der Waals surface area contributed by atoms with Crippen LogP contribution in [0.25, 0.3) is 0 Å². The van der Waals surface area contributed by atoms with Crippen molar-refractivity contribution in [1.82, 2.24) is 4.72 Å². The molecule has 23 heavy (non-hydrogen) atoms. The molecule has 0 bridgehead atoms. The summed E-state index contributed by atoms with van der Waals surface area (Å²) in [5.74, 6) is 0.474. The number of benzene rings is 1. The SMILES string of the molecule is O=S(=O)(NC1CCC(C2=NC2)CC1)c1ccc(C(F)(F)F)cc1. The Morgan fingerprint density at radius 2 is 1.61 bits per heavy atom. The van der Waals surface area contributed by atoms with Gasteiger partial charge in [0.25, 0.3) is 0 Å². The van der Waals surface area contributed by atoms with Crippen LogP contribution in [0.15, 0.2) is 34.2 Å². The maximum Gasteiger partial charge on any atom is 0.416 e. The third-order valence-electron chi connectivity index (χ3n) is 4.35.